The minimum atomic E-state index is -0.352. The molecule has 1 atom stereocenters. The largest absolute Gasteiger partial charge is 0.461 e. The van der Waals surface area contributed by atoms with E-state index in [-0.39, 0.29) is 12.0 Å². The highest BCUT2D eigenvalue weighted by Crippen LogP contribution is 2.39. The van der Waals surface area contributed by atoms with E-state index < -0.39 is 0 Å². The van der Waals surface area contributed by atoms with E-state index in [1.807, 2.05) is 50.5 Å². The smallest absolute Gasteiger partial charge is 0.355 e. The number of H-pyrrole nitrogens is 1. The number of nitrogens with zero attached hydrogens (tertiary/aromatic N) is 1. The van der Waals surface area contributed by atoms with Crippen molar-refractivity contribution in [2.75, 3.05) is 20.7 Å². The van der Waals surface area contributed by atoms with Crippen molar-refractivity contribution in [3.8, 4) is 0 Å². The van der Waals surface area contributed by atoms with E-state index in [0.29, 0.717) is 23.7 Å². The minimum absolute atomic E-state index is 0.178. The lowest BCUT2D eigenvalue weighted by atomic mass is 9.89. The average Bonchev–Trinajstić information content (AvgIpc) is 2.95. The Bertz CT molecular complexity index is 880. The van der Waals surface area contributed by atoms with Crippen LogP contribution in [0, 0.1) is 0 Å². The molecule has 4 nitrogen and oxygen atoms in total. The molecule has 1 heterocycles. The Kier molecular flexibility index (Phi) is 5.35. The zero-order valence-electron chi connectivity index (χ0n) is 15.3. The number of esters is 1. The van der Waals surface area contributed by atoms with E-state index in [1.54, 1.807) is 6.92 Å². The summed E-state index contributed by atoms with van der Waals surface area (Å²) in [5.41, 5.74) is 5.34. The van der Waals surface area contributed by atoms with Gasteiger partial charge in [0.25, 0.3) is 0 Å². The molecule has 0 saturated carbocycles. The second-order valence-corrected chi connectivity index (χ2v) is 6.99. The summed E-state index contributed by atoms with van der Waals surface area (Å²) in [5.74, 6) is -0.352. The first kappa shape index (κ1) is 18.5. The Labute approximate surface area is 159 Å². The van der Waals surface area contributed by atoms with E-state index in [2.05, 4.69) is 16.5 Å². The Hall–Kier alpha value is -2.30. The van der Waals surface area contributed by atoms with Gasteiger partial charge in [-0.1, -0.05) is 48.0 Å². The van der Waals surface area contributed by atoms with Crippen molar-refractivity contribution in [1.29, 1.82) is 0 Å². The van der Waals surface area contributed by atoms with Crippen molar-refractivity contribution in [3.05, 3.63) is 75.6 Å². The van der Waals surface area contributed by atoms with Gasteiger partial charge in [0.15, 0.2) is 0 Å². The fourth-order valence-corrected chi connectivity index (χ4v) is 3.69. The normalized spacial score (nSPS) is 14.4. The number of hydrogen-bond acceptors (Lipinski definition) is 3. The minimum Gasteiger partial charge on any atom is -0.461 e. The quantitative estimate of drug-likeness (QED) is 0.781. The van der Waals surface area contributed by atoms with Crippen molar-refractivity contribution in [2.45, 2.75) is 19.4 Å². The number of aromatic nitrogens is 1. The Morgan fingerprint density at radius 3 is 2.73 bits per heavy atom. The third-order valence-electron chi connectivity index (χ3n) is 4.54. The summed E-state index contributed by atoms with van der Waals surface area (Å²) in [6, 6.07) is 7.55. The van der Waals surface area contributed by atoms with Crippen molar-refractivity contribution in [1.82, 2.24) is 9.88 Å². The molecular weight excluding hydrogens is 348 g/mol. The van der Waals surface area contributed by atoms with Gasteiger partial charge in [-0.3, -0.25) is 4.90 Å². The lowest BCUT2D eigenvalue weighted by Gasteiger charge is -2.28. The number of ether oxygens (including phenoxy) is 1. The van der Waals surface area contributed by atoms with Gasteiger partial charge in [0.1, 0.15) is 5.69 Å². The van der Waals surface area contributed by atoms with Crippen molar-refractivity contribution < 1.29 is 9.53 Å². The van der Waals surface area contributed by atoms with Crippen LogP contribution in [0.4, 0.5) is 0 Å². The number of allylic oxidation sites excluding steroid dienone is 2. The molecule has 0 saturated heterocycles. The van der Waals surface area contributed by atoms with Gasteiger partial charge < -0.3 is 9.72 Å². The molecule has 0 fully saturated rings. The molecule has 0 amide bonds. The van der Waals surface area contributed by atoms with Gasteiger partial charge in [0, 0.05) is 16.3 Å². The highest BCUT2D eigenvalue weighted by molar-refractivity contribution is 6.31. The fraction of sp³-hybridized carbons (Fsp3) is 0.286. The van der Waals surface area contributed by atoms with Crippen LogP contribution in [0.1, 0.15) is 45.8 Å². The molecule has 0 radical (unpaired) electrons. The summed E-state index contributed by atoms with van der Waals surface area (Å²) >= 11 is 6.50. The van der Waals surface area contributed by atoms with Crippen molar-refractivity contribution in [3.63, 3.8) is 0 Å². The summed E-state index contributed by atoms with van der Waals surface area (Å²) in [7, 11) is 3.96. The van der Waals surface area contributed by atoms with Crippen LogP contribution in [0.25, 0.3) is 6.08 Å². The van der Waals surface area contributed by atoms with Crippen LogP contribution in [0.5, 0.6) is 0 Å². The second-order valence-electron chi connectivity index (χ2n) is 6.58. The first-order valence-electron chi connectivity index (χ1n) is 8.62. The van der Waals surface area contributed by atoms with Crippen LogP contribution in [0.2, 0.25) is 5.02 Å². The SMILES string of the molecule is C=C1C=Cc2[nH]c(C(=O)OCC)c(C(c3ccccc3Cl)N(C)C)c2C1. The molecule has 1 aromatic carbocycles. The summed E-state index contributed by atoms with van der Waals surface area (Å²) in [6.45, 7) is 6.21. The monoisotopic (exact) mass is 370 g/mol. The number of carbonyl (C=O) groups excluding carboxylic acids is 1. The maximum atomic E-state index is 12.7. The number of fused-ring (bicyclic) bond motifs is 1. The summed E-state index contributed by atoms with van der Waals surface area (Å²) in [4.78, 5) is 18.0. The van der Waals surface area contributed by atoms with E-state index in [4.69, 9.17) is 16.3 Å². The van der Waals surface area contributed by atoms with Crippen LogP contribution in [-0.2, 0) is 11.2 Å². The number of halogens is 1. The molecule has 26 heavy (non-hydrogen) atoms. The van der Waals surface area contributed by atoms with Crippen LogP contribution in [0.3, 0.4) is 0 Å². The fourth-order valence-electron chi connectivity index (χ4n) is 3.45. The Morgan fingerprint density at radius 2 is 2.08 bits per heavy atom. The van der Waals surface area contributed by atoms with Gasteiger partial charge in [-0.15, -0.1) is 0 Å². The molecule has 1 aliphatic rings. The number of aromatic amines is 1. The summed E-state index contributed by atoms with van der Waals surface area (Å²) < 4.78 is 5.30. The predicted octanol–water partition coefficient (Wildman–Crippen LogP) is 4.62. The van der Waals surface area contributed by atoms with E-state index in [9.17, 15) is 4.79 Å². The number of rotatable bonds is 5. The zero-order valence-corrected chi connectivity index (χ0v) is 16.1. The topological polar surface area (TPSA) is 45.3 Å². The number of hydrogen-bond donors (Lipinski definition) is 1. The molecule has 0 spiro atoms. The van der Waals surface area contributed by atoms with Crippen LogP contribution in [-0.4, -0.2) is 36.6 Å². The molecule has 5 heteroatoms. The van der Waals surface area contributed by atoms with E-state index in [0.717, 1.165) is 28.0 Å². The molecule has 1 N–H and O–H groups in total. The van der Waals surface area contributed by atoms with Crippen LogP contribution >= 0.6 is 11.6 Å². The third-order valence-corrected chi connectivity index (χ3v) is 4.88. The number of benzene rings is 1. The lowest BCUT2D eigenvalue weighted by molar-refractivity contribution is 0.0517. The Morgan fingerprint density at radius 1 is 1.35 bits per heavy atom. The standard InChI is InChI=1S/C21H23ClN2O2/c1-5-26-21(25)19-18(15-12-13(2)10-11-17(15)23-19)20(24(3)4)14-8-6-7-9-16(14)22/h6-11,20,23H,2,5,12H2,1,3-4H3. The van der Waals surface area contributed by atoms with Crippen LogP contribution in [0.15, 0.2) is 42.5 Å². The summed E-state index contributed by atoms with van der Waals surface area (Å²) in [6.07, 6.45) is 4.62. The second kappa shape index (κ2) is 7.52. The van der Waals surface area contributed by atoms with Gasteiger partial charge in [-0.25, -0.2) is 4.79 Å². The van der Waals surface area contributed by atoms with E-state index >= 15 is 0 Å². The van der Waals surface area contributed by atoms with Crippen LogP contribution < -0.4 is 0 Å². The van der Waals surface area contributed by atoms with Gasteiger partial charge >= 0.3 is 5.97 Å². The van der Waals surface area contributed by atoms with Gasteiger partial charge in [-0.2, -0.15) is 0 Å². The highest BCUT2D eigenvalue weighted by Gasteiger charge is 2.32. The first-order valence-corrected chi connectivity index (χ1v) is 9.00. The molecule has 0 aliphatic heterocycles. The molecule has 1 aromatic heterocycles. The van der Waals surface area contributed by atoms with Crippen molar-refractivity contribution >= 4 is 23.6 Å². The Balaban J connectivity index is 2.25. The molecule has 1 unspecified atom stereocenters. The molecular formula is C21H23ClN2O2. The number of nitrogens with one attached hydrogen (secondary N) is 1. The first-order chi connectivity index (χ1) is 12.4. The van der Waals surface area contributed by atoms with Gasteiger partial charge in [-0.05, 0) is 50.7 Å². The maximum Gasteiger partial charge on any atom is 0.355 e. The highest BCUT2D eigenvalue weighted by atomic mass is 35.5. The predicted molar refractivity (Wildman–Crippen MR) is 106 cm³/mol. The zero-order chi connectivity index (χ0) is 18.8. The van der Waals surface area contributed by atoms with Gasteiger partial charge in [0.05, 0.1) is 12.6 Å². The molecule has 1 aliphatic carbocycles. The summed E-state index contributed by atoms with van der Waals surface area (Å²) in [5, 5.41) is 0.668. The third kappa shape index (κ3) is 3.35. The molecule has 0 bridgehead atoms. The molecule has 3 rings (SSSR count). The van der Waals surface area contributed by atoms with E-state index in [1.165, 1.54) is 0 Å². The molecule has 2 aromatic rings. The maximum absolute atomic E-state index is 12.7. The average molecular weight is 371 g/mol. The van der Waals surface area contributed by atoms with Crippen molar-refractivity contribution in [2.24, 2.45) is 0 Å². The number of carbonyl (C=O) groups is 1. The molecule has 136 valence electrons. The lowest BCUT2D eigenvalue weighted by Crippen LogP contribution is -2.24. The van der Waals surface area contributed by atoms with Gasteiger partial charge in [0.2, 0.25) is 0 Å².